The van der Waals surface area contributed by atoms with Gasteiger partial charge in [0, 0.05) is 25.4 Å². The Morgan fingerprint density at radius 2 is 2.12 bits per heavy atom. The Balaban J connectivity index is 2.12. The highest BCUT2D eigenvalue weighted by Crippen LogP contribution is 2.24. The fourth-order valence-electron chi connectivity index (χ4n) is 1.95. The third-order valence-corrected chi connectivity index (χ3v) is 2.87. The zero-order chi connectivity index (χ0) is 12.3. The Morgan fingerprint density at radius 3 is 2.76 bits per heavy atom. The number of hydrogen-bond donors (Lipinski definition) is 0. The molecule has 0 N–H and O–H groups in total. The van der Waals surface area contributed by atoms with E-state index in [0.717, 1.165) is 13.1 Å². The first-order chi connectivity index (χ1) is 8.18. The normalized spacial score (nSPS) is 16.6. The molecule has 0 bridgehead atoms. The van der Waals surface area contributed by atoms with Gasteiger partial charge in [0.15, 0.2) is 5.69 Å². The molecule has 0 saturated carbocycles. The van der Waals surface area contributed by atoms with Crippen molar-refractivity contribution in [1.82, 2.24) is 10.1 Å². The molecule has 1 aliphatic heterocycles. The average Bonchev–Trinajstić information content (AvgIpc) is 2.69. The fourth-order valence-corrected chi connectivity index (χ4v) is 1.95. The molecule has 6 heteroatoms. The zero-order valence-electron chi connectivity index (χ0n) is 9.76. The lowest BCUT2D eigenvalue weighted by Gasteiger charge is -2.24. The van der Waals surface area contributed by atoms with E-state index < -0.39 is 4.92 Å². The average molecular weight is 237 g/mol. The maximum atomic E-state index is 10.8. The second-order valence-electron chi connectivity index (χ2n) is 4.15. The van der Waals surface area contributed by atoms with Crippen LogP contribution in [0, 0.1) is 17.0 Å². The van der Waals surface area contributed by atoms with E-state index in [1.807, 2.05) is 6.20 Å². The maximum Gasteiger partial charge on any atom is 0.338 e. The summed E-state index contributed by atoms with van der Waals surface area (Å²) in [7, 11) is 0. The van der Waals surface area contributed by atoms with Gasteiger partial charge in [-0.1, -0.05) is 5.16 Å². The minimum absolute atomic E-state index is 0.0433. The van der Waals surface area contributed by atoms with Crippen LogP contribution in [0.3, 0.4) is 0 Å². The SMILES string of the molecule is Cc1noc(/C=C/N2CCCCC2)c1[N+](=O)[O-]. The van der Waals surface area contributed by atoms with Gasteiger partial charge in [0.05, 0.1) is 4.92 Å². The zero-order valence-corrected chi connectivity index (χ0v) is 9.76. The standard InChI is InChI=1S/C11H15N3O3/c1-9-11(14(15)16)10(17-12-9)5-8-13-6-3-2-4-7-13/h5,8H,2-4,6-7H2,1H3/b8-5+. The van der Waals surface area contributed by atoms with E-state index in [4.69, 9.17) is 4.52 Å². The minimum Gasteiger partial charge on any atom is -0.377 e. The first-order valence-corrected chi connectivity index (χ1v) is 5.71. The Hall–Kier alpha value is -1.85. The number of piperidine rings is 1. The topological polar surface area (TPSA) is 72.4 Å². The van der Waals surface area contributed by atoms with E-state index >= 15 is 0 Å². The Labute approximate surface area is 99.0 Å². The Morgan fingerprint density at radius 1 is 1.41 bits per heavy atom. The Bertz CT molecular complexity index is 433. The summed E-state index contributed by atoms with van der Waals surface area (Å²) in [6.07, 6.45) is 7.07. The number of aromatic nitrogens is 1. The summed E-state index contributed by atoms with van der Waals surface area (Å²) in [5.41, 5.74) is 0.270. The molecule has 0 radical (unpaired) electrons. The Kier molecular flexibility index (Phi) is 3.41. The maximum absolute atomic E-state index is 10.8. The highest BCUT2D eigenvalue weighted by atomic mass is 16.6. The van der Waals surface area contributed by atoms with E-state index in [-0.39, 0.29) is 11.4 Å². The van der Waals surface area contributed by atoms with Crippen LogP contribution in [0.2, 0.25) is 0 Å². The number of hydrogen-bond acceptors (Lipinski definition) is 5. The molecule has 92 valence electrons. The van der Waals surface area contributed by atoms with Crippen LogP contribution in [0.5, 0.6) is 0 Å². The van der Waals surface area contributed by atoms with Crippen molar-refractivity contribution < 1.29 is 9.45 Å². The van der Waals surface area contributed by atoms with Gasteiger partial charge in [0.1, 0.15) is 0 Å². The van der Waals surface area contributed by atoms with Gasteiger partial charge in [-0.05, 0) is 26.2 Å². The first-order valence-electron chi connectivity index (χ1n) is 5.71. The summed E-state index contributed by atoms with van der Waals surface area (Å²) >= 11 is 0. The van der Waals surface area contributed by atoms with E-state index in [0.29, 0.717) is 5.69 Å². The smallest absolute Gasteiger partial charge is 0.338 e. The molecule has 0 amide bonds. The molecule has 0 unspecified atom stereocenters. The van der Waals surface area contributed by atoms with Crippen molar-refractivity contribution in [2.24, 2.45) is 0 Å². The van der Waals surface area contributed by atoms with Crippen LogP contribution in [0.1, 0.15) is 30.7 Å². The van der Waals surface area contributed by atoms with E-state index in [1.165, 1.54) is 19.3 Å². The predicted molar refractivity (Wildman–Crippen MR) is 62.4 cm³/mol. The summed E-state index contributed by atoms with van der Waals surface area (Å²) < 4.78 is 4.94. The number of aryl methyl sites for hydroxylation is 1. The van der Waals surface area contributed by atoms with Crippen LogP contribution in [0.25, 0.3) is 6.08 Å². The molecule has 17 heavy (non-hydrogen) atoms. The van der Waals surface area contributed by atoms with E-state index in [1.54, 1.807) is 13.0 Å². The second-order valence-corrected chi connectivity index (χ2v) is 4.15. The van der Waals surface area contributed by atoms with Crippen molar-refractivity contribution in [1.29, 1.82) is 0 Å². The summed E-state index contributed by atoms with van der Waals surface area (Å²) in [4.78, 5) is 12.5. The molecule has 1 saturated heterocycles. The van der Waals surface area contributed by atoms with Crippen LogP contribution < -0.4 is 0 Å². The number of nitrogens with zero attached hydrogens (tertiary/aromatic N) is 3. The van der Waals surface area contributed by atoms with Gasteiger partial charge in [0.25, 0.3) is 0 Å². The van der Waals surface area contributed by atoms with Crippen LogP contribution >= 0.6 is 0 Å². The fraction of sp³-hybridized carbons (Fsp3) is 0.545. The highest BCUT2D eigenvalue weighted by Gasteiger charge is 2.22. The molecule has 1 aliphatic rings. The molecule has 1 fully saturated rings. The number of nitro groups is 1. The van der Waals surface area contributed by atoms with Gasteiger partial charge in [-0.25, -0.2) is 0 Å². The lowest BCUT2D eigenvalue weighted by molar-refractivity contribution is -0.386. The largest absolute Gasteiger partial charge is 0.377 e. The first kappa shape index (κ1) is 11.6. The van der Waals surface area contributed by atoms with Gasteiger partial charge in [-0.15, -0.1) is 0 Å². The molecule has 0 aromatic carbocycles. The van der Waals surface area contributed by atoms with Gasteiger partial charge >= 0.3 is 5.69 Å². The molecule has 1 aromatic rings. The van der Waals surface area contributed by atoms with Crippen LogP contribution in [-0.2, 0) is 0 Å². The third-order valence-electron chi connectivity index (χ3n) is 2.87. The van der Waals surface area contributed by atoms with E-state index in [2.05, 4.69) is 10.1 Å². The molecule has 6 nitrogen and oxygen atoms in total. The van der Waals surface area contributed by atoms with Crippen molar-refractivity contribution in [3.05, 3.63) is 27.8 Å². The third kappa shape index (κ3) is 2.64. The van der Waals surface area contributed by atoms with Crippen molar-refractivity contribution >= 4 is 11.8 Å². The van der Waals surface area contributed by atoms with Crippen molar-refractivity contribution in [2.75, 3.05) is 13.1 Å². The molecule has 1 aromatic heterocycles. The second kappa shape index (κ2) is 4.99. The van der Waals surface area contributed by atoms with Gasteiger partial charge in [-0.2, -0.15) is 0 Å². The molecular weight excluding hydrogens is 222 g/mol. The molecule has 0 atom stereocenters. The van der Waals surface area contributed by atoms with Crippen molar-refractivity contribution in [3.8, 4) is 0 Å². The van der Waals surface area contributed by atoms with Crippen molar-refractivity contribution in [2.45, 2.75) is 26.2 Å². The molecule has 2 heterocycles. The lowest BCUT2D eigenvalue weighted by atomic mass is 10.1. The van der Waals surface area contributed by atoms with Gasteiger partial charge in [-0.3, -0.25) is 10.1 Å². The lowest BCUT2D eigenvalue weighted by Crippen LogP contribution is -2.23. The summed E-state index contributed by atoms with van der Waals surface area (Å²) in [5.74, 6) is 0.220. The van der Waals surface area contributed by atoms with Crippen LogP contribution in [-0.4, -0.2) is 28.1 Å². The van der Waals surface area contributed by atoms with Crippen LogP contribution in [0.4, 0.5) is 5.69 Å². The van der Waals surface area contributed by atoms with Crippen LogP contribution in [0.15, 0.2) is 10.7 Å². The van der Waals surface area contributed by atoms with E-state index in [9.17, 15) is 10.1 Å². The molecule has 0 aliphatic carbocycles. The monoisotopic (exact) mass is 237 g/mol. The quantitative estimate of drug-likeness (QED) is 0.596. The number of rotatable bonds is 3. The minimum atomic E-state index is -0.457. The van der Waals surface area contributed by atoms with Gasteiger partial charge in [0.2, 0.25) is 5.76 Å². The molecule has 2 rings (SSSR count). The van der Waals surface area contributed by atoms with Crippen molar-refractivity contribution in [3.63, 3.8) is 0 Å². The highest BCUT2D eigenvalue weighted by molar-refractivity contribution is 5.56. The summed E-state index contributed by atoms with van der Waals surface area (Å²) in [6, 6.07) is 0. The summed E-state index contributed by atoms with van der Waals surface area (Å²) in [6.45, 7) is 3.56. The molecule has 0 spiro atoms. The predicted octanol–water partition coefficient (Wildman–Crippen LogP) is 2.35. The van der Waals surface area contributed by atoms with Gasteiger partial charge < -0.3 is 9.42 Å². The molecular formula is C11H15N3O3. The number of likely N-dealkylation sites (tertiary alicyclic amines) is 1. The summed E-state index contributed by atoms with van der Waals surface area (Å²) in [5, 5.41) is 14.4.